The molecule has 7 heteroatoms. The lowest BCUT2D eigenvalue weighted by Crippen LogP contribution is -2.55. The lowest BCUT2D eigenvalue weighted by molar-refractivity contribution is 0.0302. The van der Waals surface area contributed by atoms with Gasteiger partial charge in [0.2, 0.25) is 10.0 Å². The number of carbonyl (C=O) groups excluding carboxylic acids is 1. The number of benzene rings is 1. The number of ketones is 1. The molecule has 5 aliphatic rings. The zero-order valence-corrected chi connectivity index (χ0v) is 25.6. The number of Topliss-reactive ketones (excluding diaryl/α,β-unsaturated/α-hetero) is 1. The molecule has 2 bridgehead atoms. The third-order valence-corrected chi connectivity index (χ3v) is 14.0. The van der Waals surface area contributed by atoms with Gasteiger partial charge in [-0.05, 0) is 74.3 Å². The number of hydrogen-bond acceptors (Lipinski definition) is 5. The molecule has 1 aromatic carbocycles. The van der Waals surface area contributed by atoms with Crippen LogP contribution in [0, 0.1) is 16.7 Å². The summed E-state index contributed by atoms with van der Waals surface area (Å²) in [5.74, 6) is 1.26. The molecule has 0 spiro atoms. The number of sulfonamides is 1. The molecule has 5 aliphatic carbocycles. The lowest BCUT2D eigenvalue weighted by Gasteiger charge is -2.46. The average Bonchev–Trinajstić information content (AvgIpc) is 3.43. The molecule has 6 rings (SSSR count). The average molecular weight is 572 g/mol. The molecule has 6 nitrogen and oxygen atoms in total. The van der Waals surface area contributed by atoms with Gasteiger partial charge in [0.1, 0.15) is 11.9 Å². The third kappa shape index (κ3) is 4.57. The molecule has 0 aliphatic heterocycles. The van der Waals surface area contributed by atoms with Gasteiger partial charge in [0.25, 0.3) is 0 Å². The largest absolute Gasteiger partial charge is 0.489 e. The van der Waals surface area contributed by atoms with Gasteiger partial charge >= 0.3 is 0 Å². The minimum atomic E-state index is -3.52. The number of fused-ring (bicyclic) bond motifs is 3. The van der Waals surface area contributed by atoms with E-state index in [-0.39, 0.29) is 41.6 Å². The Morgan fingerprint density at radius 1 is 0.975 bits per heavy atom. The highest BCUT2D eigenvalue weighted by atomic mass is 32.2. The number of ether oxygens (including phenoxy) is 1. The van der Waals surface area contributed by atoms with Crippen LogP contribution in [0.1, 0.15) is 138 Å². The number of nitrogens with zero attached hydrogens (tertiary/aromatic N) is 1. The Morgan fingerprint density at radius 2 is 1.60 bits per heavy atom. The monoisotopic (exact) mass is 571 g/mol. The standard InChI is InChI=1S/C33H49NO5S/c1-4-25-29(16-15-26-27(35)20-28(36)31(25)26)39-30-19-22-17-18-33(30,32(22,2)3)21-40(37,38)34(23-11-7-5-8-12-23)24-13-9-6-10-14-24/h15-16,22-24,27,30,35H,4-14,17-21H2,1-3H3/t22-,27?,30?,33?/m1/s1. The number of hydrogen-bond donors (Lipinski definition) is 1. The normalized spacial score (nSPS) is 32.6. The Morgan fingerprint density at radius 3 is 2.17 bits per heavy atom. The van der Waals surface area contributed by atoms with E-state index in [0.717, 1.165) is 76.2 Å². The summed E-state index contributed by atoms with van der Waals surface area (Å²) in [5.41, 5.74) is 1.58. The van der Waals surface area contributed by atoms with E-state index in [4.69, 9.17) is 4.74 Å². The summed E-state index contributed by atoms with van der Waals surface area (Å²) in [6.45, 7) is 6.58. The fraction of sp³-hybridized carbons (Fsp3) is 0.788. The Labute approximate surface area is 241 Å². The Bertz CT molecular complexity index is 1210. The Balaban J connectivity index is 1.34. The minimum absolute atomic E-state index is 0.0223. The molecule has 1 N–H and O–H groups in total. The maximum atomic E-state index is 14.7. The van der Waals surface area contributed by atoms with Gasteiger partial charge in [-0.3, -0.25) is 4.79 Å². The predicted octanol–water partition coefficient (Wildman–Crippen LogP) is 6.74. The summed E-state index contributed by atoms with van der Waals surface area (Å²) in [6, 6.07) is 4.03. The second-order valence-electron chi connectivity index (χ2n) is 14.1. The minimum Gasteiger partial charge on any atom is -0.489 e. The van der Waals surface area contributed by atoms with Gasteiger partial charge in [0.05, 0.1) is 11.9 Å². The molecule has 4 fully saturated rings. The summed E-state index contributed by atoms with van der Waals surface area (Å²) in [6.07, 6.45) is 13.5. The first kappa shape index (κ1) is 28.7. The van der Waals surface area contributed by atoms with Crippen molar-refractivity contribution in [2.75, 3.05) is 5.75 Å². The molecule has 222 valence electrons. The van der Waals surface area contributed by atoms with Crippen molar-refractivity contribution in [2.45, 2.75) is 141 Å². The number of carbonyl (C=O) groups is 1. The van der Waals surface area contributed by atoms with Crippen LogP contribution >= 0.6 is 0 Å². The van der Waals surface area contributed by atoms with E-state index >= 15 is 0 Å². The topological polar surface area (TPSA) is 83.9 Å². The Kier molecular flexibility index (Phi) is 7.66. The highest BCUT2D eigenvalue weighted by Crippen LogP contribution is 2.67. The molecule has 4 atom stereocenters. The second kappa shape index (κ2) is 10.7. The van der Waals surface area contributed by atoms with Gasteiger partial charge in [0.15, 0.2) is 5.78 Å². The van der Waals surface area contributed by atoms with E-state index in [1.54, 1.807) is 0 Å². The Hall–Kier alpha value is -1.44. The van der Waals surface area contributed by atoms with Crippen LogP contribution in [0.5, 0.6) is 5.75 Å². The van der Waals surface area contributed by atoms with E-state index in [9.17, 15) is 18.3 Å². The van der Waals surface area contributed by atoms with Gasteiger partial charge in [-0.25, -0.2) is 8.42 Å². The van der Waals surface area contributed by atoms with E-state index in [0.29, 0.717) is 29.2 Å². The number of rotatable bonds is 8. The van der Waals surface area contributed by atoms with E-state index in [1.165, 1.54) is 12.8 Å². The lowest BCUT2D eigenvalue weighted by atomic mass is 9.69. The zero-order chi connectivity index (χ0) is 28.3. The van der Waals surface area contributed by atoms with E-state index in [1.807, 2.05) is 23.4 Å². The molecule has 0 aromatic heterocycles. The highest BCUT2D eigenvalue weighted by Gasteiger charge is 2.67. The summed E-state index contributed by atoms with van der Waals surface area (Å²) < 4.78 is 38.3. The van der Waals surface area contributed by atoms with Crippen LogP contribution < -0.4 is 4.74 Å². The first-order valence-electron chi connectivity index (χ1n) is 16.1. The van der Waals surface area contributed by atoms with Crippen LogP contribution in [0.4, 0.5) is 0 Å². The van der Waals surface area contributed by atoms with Crippen molar-refractivity contribution in [2.24, 2.45) is 16.7 Å². The van der Waals surface area contributed by atoms with Crippen molar-refractivity contribution in [1.82, 2.24) is 4.31 Å². The van der Waals surface area contributed by atoms with E-state index in [2.05, 4.69) is 13.8 Å². The van der Waals surface area contributed by atoms with Crippen LogP contribution in [0.25, 0.3) is 0 Å². The maximum Gasteiger partial charge on any atom is 0.215 e. The summed E-state index contributed by atoms with van der Waals surface area (Å²) in [7, 11) is -3.52. The van der Waals surface area contributed by atoms with Gasteiger partial charge in [-0.2, -0.15) is 4.31 Å². The van der Waals surface area contributed by atoms with Crippen molar-refractivity contribution in [1.29, 1.82) is 0 Å². The summed E-state index contributed by atoms with van der Waals surface area (Å²) >= 11 is 0. The van der Waals surface area contributed by atoms with Crippen LogP contribution in [0.3, 0.4) is 0 Å². The van der Waals surface area contributed by atoms with Crippen molar-refractivity contribution >= 4 is 15.8 Å². The molecule has 0 amide bonds. The first-order chi connectivity index (χ1) is 19.1. The molecule has 1 aromatic rings. The third-order valence-electron chi connectivity index (χ3n) is 11.9. The SMILES string of the molecule is CCc1c(OC2C[C@H]3CCC2(CS(=O)(=O)N(C2CCCCC2)C2CCCCC2)C3(C)C)ccc2c1C(=O)CC2O. The fourth-order valence-corrected chi connectivity index (χ4v) is 12.4. The fourth-order valence-electron chi connectivity index (χ4n) is 9.59. The number of aliphatic hydroxyl groups is 1. The van der Waals surface area contributed by atoms with Crippen LogP contribution in [0.2, 0.25) is 0 Å². The van der Waals surface area contributed by atoms with Gasteiger partial charge in [0, 0.05) is 35.0 Å². The quantitative estimate of drug-likeness (QED) is 0.374. The molecule has 0 heterocycles. The summed E-state index contributed by atoms with van der Waals surface area (Å²) in [4.78, 5) is 12.8. The second-order valence-corrected chi connectivity index (χ2v) is 16.0. The smallest absolute Gasteiger partial charge is 0.215 e. The number of aliphatic hydroxyl groups excluding tert-OH is 1. The predicted molar refractivity (Wildman–Crippen MR) is 157 cm³/mol. The molecule has 4 saturated carbocycles. The van der Waals surface area contributed by atoms with E-state index < -0.39 is 21.5 Å². The van der Waals surface area contributed by atoms with Crippen LogP contribution in [-0.2, 0) is 16.4 Å². The van der Waals surface area contributed by atoms with Crippen LogP contribution in [-0.4, -0.2) is 47.6 Å². The first-order valence-corrected chi connectivity index (χ1v) is 17.7. The van der Waals surface area contributed by atoms with Gasteiger partial charge in [-0.15, -0.1) is 0 Å². The van der Waals surface area contributed by atoms with Crippen molar-refractivity contribution in [3.8, 4) is 5.75 Å². The van der Waals surface area contributed by atoms with Crippen molar-refractivity contribution in [3.05, 3.63) is 28.8 Å². The summed E-state index contributed by atoms with van der Waals surface area (Å²) in [5, 5.41) is 10.4. The highest BCUT2D eigenvalue weighted by molar-refractivity contribution is 7.89. The molecule has 3 unspecified atom stereocenters. The van der Waals surface area contributed by atoms with Gasteiger partial charge < -0.3 is 9.84 Å². The molecule has 40 heavy (non-hydrogen) atoms. The van der Waals surface area contributed by atoms with Crippen molar-refractivity contribution < 1.29 is 23.1 Å². The molecular formula is C33H49NO5S. The maximum absolute atomic E-state index is 14.7. The molecular weight excluding hydrogens is 522 g/mol. The van der Waals surface area contributed by atoms with Crippen molar-refractivity contribution in [3.63, 3.8) is 0 Å². The molecule has 0 saturated heterocycles. The van der Waals surface area contributed by atoms with Crippen LogP contribution in [0.15, 0.2) is 12.1 Å². The zero-order valence-electron chi connectivity index (χ0n) is 24.8. The molecule has 0 radical (unpaired) electrons. The van der Waals surface area contributed by atoms with Gasteiger partial charge in [-0.1, -0.05) is 65.4 Å².